The molecule has 7 heteroatoms. The molecule has 0 aliphatic heterocycles. The molecule has 100 valence electrons. The van der Waals surface area contributed by atoms with Crippen LogP contribution in [0.25, 0.3) is 11.0 Å². The van der Waals surface area contributed by atoms with Gasteiger partial charge in [-0.3, -0.25) is 0 Å². The average molecular weight is 262 g/mol. The summed E-state index contributed by atoms with van der Waals surface area (Å²) < 4.78 is 4.87. The lowest BCUT2D eigenvalue weighted by atomic mass is 10.2. The predicted octanol–water partition coefficient (Wildman–Crippen LogP) is 0.926. The van der Waals surface area contributed by atoms with E-state index in [1.165, 1.54) is 7.11 Å². The number of methoxy groups -OCH3 is 1. The first-order valence-corrected chi connectivity index (χ1v) is 5.78. The molecule has 0 fully saturated rings. The van der Waals surface area contributed by atoms with E-state index in [9.17, 15) is 4.79 Å². The van der Waals surface area contributed by atoms with E-state index in [1.54, 1.807) is 12.1 Å². The number of hydrogen-bond donors (Lipinski definition) is 2. The Kier molecular flexibility index (Phi) is 4.19. The second-order valence-corrected chi connectivity index (χ2v) is 3.94. The number of nitrogens with zero attached hydrogens (tertiary/aromatic N) is 3. The van der Waals surface area contributed by atoms with E-state index in [0.717, 1.165) is 0 Å². The van der Waals surface area contributed by atoms with Gasteiger partial charge < -0.3 is 15.2 Å². The Labute approximate surface area is 109 Å². The standard InChI is InChI=1S/C12H14N4O3/c1-19-7-6-10(11(17)18)14-12-13-8-4-2-3-5-9(8)15-16-12/h2-5,10H,6-7H2,1H3,(H,17,18)(H,13,14,16). The summed E-state index contributed by atoms with van der Waals surface area (Å²) in [5.41, 5.74) is 1.33. The van der Waals surface area contributed by atoms with Crippen molar-refractivity contribution < 1.29 is 14.6 Å². The van der Waals surface area contributed by atoms with Gasteiger partial charge in [0.1, 0.15) is 11.6 Å². The maximum atomic E-state index is 11.1. The highest BCUT2D eigenvalue weighted by atomic mass is 16.5. The van der Waals surface area contributed by atoms with E-state index < -0.39 is 12.0 Å². The molecule has 0 spiro atoms. The number of aromatic nitrogens is 3. The zero-order valence-corrected chi connectivity index (χ0v) is 10.4. The molecule has 0 aliphatic carbocycles. The third-order valence-electron chi connectivity index (χ3n) is 2.57. The summed E-state index contributed by atoms with van der Waals surface area (Å²) in [6.07, 6.45) is 0.321. The zero-order valence-electron chi connectivity index (χ0n) is 10.4. The average Bonchev–Trinajstić information content (AvgIpc) is 2.43. The Balaban J connectivity index is 2.16. The van der Waals surface area contributed by atoms with Gasteiger partial charge in [0.05, 0.1) is 5.52 Å². The molecule has 19 heavy (non-hydrogen) atoms. The highest BCUT2D eigenvalue weighted by Crippen LogP contribution is 2.10. The monoisotopic (exact) mass is 262 g/mol. The summed E-state index contributed by atoms with van der Waals surface area (Å²) in [6.45, 7) is 0.338. The van der Waals surface area contributed by atoms with Gasteiger partial charge in [0.2, 0.25) is 5.95 Å². The number of carboxylic acids is 1. The van der Waals surface area contributed by atoms with Crippen molar-refractivity contribution in [2.45, 2.75) is 12.5 Å². The lowest BCUT2D eigenvalue weighted by Gasteiger charge is -2.13. The normalized spacial score (nSPS) is 12.3. The fraction of sp³-hybridized carbons (Fsp3) is 0.333. The van der Waals surface area contributed by atoms with Crippen LogP contribution in [0.5, 0.6) is 0 Å². The maximum absolute atomic E-state index is 11.1. The molecular weight excluding hydrogens is 248 g/mol. The van der Waals surface area contributed by atoms with Crippen molar-refractivity contribution in [1.29, 1.82) is 0 Å². The fourth-order valence-electron chi connectivity index (χ4n) is 1.59. The summed E-state index contributed by atoms with van der Waals surface area (Å²) in [6, 6.07) is 6.45. The highest BCUT2D eigenvalue weighted by Gasteiger charge is 2.18. The zero-order chi connectivity index (χ0) is 13.7. The van der Waals surface area contributed by atoms with Crippen LogP contribution in [0.3, 0.4) is 0 Å². The van der Waals surface area contributed by atoms with Crippen LogP contribution < -0.4 is 5.32 Å². The van der Waals surface area contributed by atoms with Gasteiger partial charge in [-0.2, -0.15) is 0 Å². The molecule has 0 amide bonds. The third kappa shape index (κ3) is 3.35. The van der Waals surface area contributed by atoms with E-state index in [-0.39, 0.29) is 5.95 Å². The van der Waals surface area contributed by atoms with E-state index in [0.29, 0.717) is 24.1 Å². The number of carboxylic acid groups (broad SMARTS) is 1. The van der Waals surface area contributed by atoms with Gasteiger partial charge >= 0.3 is 5.97 Å². The Hall–Kier alpha value is -2.28. The molecule has 2 aromatic rings. The van der Waals surface area contributed by atoms with Crippen LogP contribution >= 0.6 is 0 Å². The van der Waals surface area contributed by atoms with Gasteiger partial charge in [0, 0.05) is 20.1 Å². The molecule has 1 heterocycles. The molecule has 1 aromatic carbocycles. The van der Waals surface area contributed by atoms with Crippen molar-refractivity contribution in [2.75, 3.05) is 19.0 Å². The largest absolute Gasteiger partial charge is 0.480 e. The summed E-state index contributed by atoms with van der Waals surface area (Å²) in [4.78, 5) is 15.3. The van der Waals surface area contributed by atoms with Crippen LogP contribution in [0.4, 0.5) is 5.95 Å². The van der Waals surface area contributed by atoms with Crippen LogP contribution in [-0.4, -0.2) is 46.0 Å². The molecular formula is C12H14N4O3. The molecule has 0 bridgehead atoms. The van der Waals surface area contributed by atoms with Crippen LogP contribution in [0.1, 0.15) is 6.42 Å². The quantitative estimate of drug-likeness (QED) is 0.799. The first-order chi connectivity index (χ1) is 9.20. The number of anilines is 1. The van der Waals surface area contributed by atoms with Crippen molar-refractivity contribution in [3.05, 3.63) is 24.3 Å². The molecule has 2 N–H and O–H groups in total. The van der Waals surface area contributed by atoms with Crippen LogP contribution in [0.15, 0.2) is 24.3 Å². The summed E-state index contributed by atoms with van der Waals surface area (Å²) in [7, 11) is 1.52. The number of aliphatic carboxylic acids is 1. The van der Waals surface area contributed by atoms with Crippen LogP contribution in [0.2, 0.25) is 0 Å². The van der Waals surface area contributed by atoms with Crippen LogP contribution in [0, 0.1) is 0 Å². The predicted molar refractivity (Wildman–Crippen MR) is 68.9 cm³/mol. The number of rotatable bonds is 6. The molecule has 0 aliphatic rings. The SMILES string of the molecule is COCCC(Nc1nnc2ccccc2n1)C(=O)O. The number of nitrogens with one attached hydrogen (secondary N) is 1. The Morgan fingerprint density at radius 3 is 2.79 bits per heavy atom. The van der Waals surface area contributed by atoms with Gasteiger partial charge in [-0.25, -0.2) is 9.78 Å². The van der Waals surface area contributed by atoms with Gasteiger partial charge in [0.25, 0.3) is 0 Å². The van der Waals surface area contributed by atoms with Gasteiger partial charge in [-0.1, -0.05) is 12.1 Å². The molecule has 2 rings (SSSR count). The minimum absolute atomic E-state index is 0.196. The van der Waals surface area contributed by atoms with E-state index in [1.807, 2.05) is 12.1 Å². The first-order valence-electron chi connectivity index (χ1n) is 5.78. The van der Waals surface area contributed by atoms with E-state index >= 15 is 0 Å². The lowest BCUT2D eigenvalue weighted by molar-refractivity contribution is -0.138. The van der Waals surface area contributed by atoms with Gasteiger partial charge in [0.15, 0.2) is 0 Å². The van der Waals surface area contributed by atoms with Crippen molar-refractivity contribution in [1.82, 2.24) is 15.2 Å². The summed E-state index contributed by atoms with van der Waals surface area (Å²) >= 11 is 0. The summed E-state index contributed by atoms with van der Waals surface area (Å²) in [5.74, 6) is -0.781. The molecule has 1 unspecified atom stereocenters. The summed E-state index contributed by atoms with van der Waals surface area (Å²) in [5, 5.41) is 19.7. The van der Waals surface area contributed by atoms with Crippen molar-refractivity contribution in [3.8, 4) is 0 Å². The first kappa shape index (κ1) is 13.2. The van der Waals surface area contributed by atoms with Crippen molar-refractivity contribution in [2.24, 2.45) is 0 Å². The minimum atomic E-state index is -0.978. The Morgan fingerprint density at radius 2 is 2.11 bits per heavy atom. The Morgan fingerprint density at radius 1 is 1.37 bits per heavy atom. The highest BCUT2D eigenvalue weighted by molar-refractivity contribution is 5.77. The van der Waals surface area contributed by atoms with Gasteiger partial charge in [-0.05, 0) is 12.1 Å². The molecule has 7 nitrogen and oxygen atoms in total. The lowest BCUT2D eigenvalue weighted by Crippen LogP contribution is -2.31. The fourth-order valence-corrected chi connectivity index (χ4v) is 1.59. The third-order valence-corrected chi connectivity index (χ3v) is 2.57. The number of ether oxygens (including phenoxy) is 1. The molecule has 0 saturated carbocycles. The Bertz CT molecular complexity index is 576. The number of fused-ring (bicyclic) bond motifs is 1. The second-order valence-electron chi connectivity index (χ2n) is 3.94. The topological polar surface area (TPSA) is 97.2 Å². The molecule has 0 radical (unpaired) electrons. The number of hydrogen-bond acceptors (Lipinski definition) is 6. The molecule has 1 aromatic heterocycles. The second kappa shape index (κ2) is 6.05. The number of para-hydroxylation sites is 1. The van der Waals surface area contributed by atoms with E-state index in [2.05, 4.69) is 20.5 Å². The smallest absolute Gasteiger partial charge is 0.326 e. The van der Waals surface area contributed by atoms with Crippen molar-refractivity contribution >= 4 is 23.0 Å². The minimum Gasteiger partial charge on any atom is -0.480 e. The van der Waals surface area contributed by atoms with Gasteiger partial charge in [-0.15, -0.1) is 10.2 Å². The van der Waals surface area contributed by atoms with Crippen molar-refractivity contribution in [3.63, 3.8) is 0 Å². The molecule has 1 atom stereocenters. The van der Waals surface area contributed by atoms with E-state index in [4.69, 9.17) is 9.84 Å². The number of benzene rings is 1. The number of carbonyl (C=O) groups is 1. The maximum Gasteiger partial charge on any atom is 0.326 e. The van der Waals surface area contributed by atoms with Crippen LogP contribution in [-0.2, 0) is 9.53 Å². The molecule has 0 saturated heterocycles.